The largest absolute Gasteiger partial charge is 0.504 e. The summed E-state index contributed by atoms with van der Waals surface area (Å²) in [5.41, 5.74) is 4.79. The minimum Gasteiger partial charge on any atom is -0.504 e. The summed E-state index contributed by atoms with van der Waals surface area (Å²) in [6.07, 6.45) is 8.20. The monoisotopic (exact) mass is 244 g/mol. The highest BCUT2D eigenvalue weighted by atomic mass is 16.3. The van der Waals surface area contributed by atoms with Gasteiger partial charge >= 0.3 is 0 Å². The van der Waals surface area contributed by atoms with Crippen molar-refractivity contribution in [2.45, 2.75) is 39.5 Å². The van der Waals surface area contributed by atoms with E-state index in [1.54, 1.807) is 6.07 Å². The van der Waals surface area contributed by atoms with Gasteiger partial charge in [-0.2, -0.15) is 0 Å². The van der Waals surface area contributed by atoms with E-state index in [-0.39, 0.29) is 11.5 Å². The second-order valence-corrected chi connectivity index (χ2v) is 5.13. The smallest absolute Gasteiger partial charge is 0.161 e. The lowest BCUT2D eigenvalue weighted by atomic mass is 9.88. The zero-order chi connectivity index (χ0) is 13.1. The number of phenolic OH excluding ortho intramolecular Hbond substituents is 2. The Morgan fingerprint density at radius 3 is 2.78 bits per heavy atom. The summed E-state index contributed by atoms with van der Waals surface area (Å²) in [6.45, 7) is 4.23. The van der Waals surface area contributed by atoms with Gasteiger partial charge < -0.3 is 10.2 Å². The summed E-state index contributed by atoms with van der Waals surface area (Å²) in [6, 6.07) is 3.49. The number of hydrogen-bond acceptors (Lipinski definition) is 2. The summed E-state index contributed by atoms with van der Waals surface area (Å²) in [5, 5.41) is 19.3. The molecule has 1 aliphatic rings. The van der Waals surface area contributed by atoms with Crippen LogP contribution in [0, 0.1) is 0 Å². The molecule has 96 valence electrons. The molecule has 0 aliphatic heterocycles. The molecule has 0 saturated carbocycles. The van der Waals surface area contributed by atoms with Gasteiger partial charge in [0.1, 0.15) is 0 Å². The maximum absolute atomic E-state index is 9.79. The number of hydrogen-bond donors (Lipinski definition) is 2. The average molecular weight is 244 g/mol. The molecular weight excluding hydrogens is 224 g/mol. The summed E-state index contributed by atoms with van der Waals surface area (Å²) < 4.78 is 0. The van der Waals surface area contributed by atoms with Gasteiger partial charge in [-0.15, -0.1) is 0 Å². The molecule has 18 heavy (non-hydrogen) atoms. The molecule has 0 radical (unpaired) electrons. The van der Waals surface area contributed by atoms with E-state index in [4.69, 9.17) is 0 Å². The zero-order valence-corrected chi connectivity index (χ0v) is 11.0. The summed E-state index contributed by atoms with van der Waals surface area (Å²) in [7, 11) is 0. The highest BCUT2D eigenvalue weighted by Crippen LogP contribution is 2.36. The third-order valence-corrected chi connectivity index (χ3v) is 3.39. The third-order valence-electron chi connectivity index (χ3n) is 3.39. The quantitative estimate of drug-likeness (QED) is 0.626. The van der Waals surface area contributed by atoms with Crippen molar-refractivity contribution >= 4 is 0 Å². The molecule has 0 aromatic heterocycles. The second kappa shape index (κ2) is 5.30. The highest BCUT2D eigenvalue weighted by Gasteiger charge is 2.16. The van der Waals surface area contributed by atoms with Crippen LogP contribution in [0.3, 0.4) is 0 Å². The molecule has 0 saturated heterocycles. The molecule has 0 atom stereocenters. The van der Waals surface area contributed by atoms with E-state index < -0.39 is 0 Å². The van der Waals surface area contributed by atoms with Crippen molar-refractivity contribution in [3.05, 3.63) is 46.6 Å². The molecule has 2 rings (SSSR count). The minimum absolute atomic E-state index is 0.0184. The second-order valence-electron chi connectivity index (χ2n) is 5.13. The van der Waals surface area contributed by atoms with E-state index in [9.17, 15) is 10.2 Å². The first kappa shape index (κ1) is 12.7. The summed E-state index contributed by atoms with van der Waals surface area (Å²) in [4.78, 5) is 0. The average Bonchev–Trinajstić information content (AvgIpc) is 2.33. The van der Waals surface area contributed by atoms with Gasteiger partial charge in [0.05, 0.1) is 0 Å². The first-order valence-electron chi connectivity index (χ1n) is 6.42. The Kier molecular flexibility index (Phi) is 3.75. The molecule has 1 aromatic carbocycles. The maximum atomic E-state index is 9.79. The van der Waals surface area contributed by atoms with Crippen LogP contribution >= 0.6 is 0 Å². The lowest BCUT2D eigenvalue weighted by molar-refractivity contribution is 0.399. The van der Waals surface area contributed by atoms with Crippen LogP contribution in [-0.4, -0.2) is 10.2 Å². The molecule has 0 heterocycles. The number of fused-ring (bicyclic) bond motifs is 1. The van der Waals surface area contributed by atoms with Gasteiger partial charge in [0.2, 0.25) is 0 Å². The van der Waals surface area contributed by atoms with Crippen molar-refractivity contribution in [1.82, 2.24) is 0 Å². The normalized spacial score (nSPS) is 13.8. The summed E-state index contributed by atoms with van der Waals surface area (Å²) >= 11 is 0. The molecule has 0 amide bonds. The van der Waals surface area contributed by atoms with Crippen LogP contribution in [0.5, 0.6) is 11.5 Å². The number of allylic oxidation sites excluding steroid dienone is 4. The highest BCUT2D eigenvalue weighted by molar-refractivity contribution is 5.52. The van der Waals surface area contributed by atoms with Crippen LogP contribution in [0.1, 0.15) is 37.8 Å². The van der Waals surface area contributed by atoms with E-state index in [0.717, 1.165) is 36.8 Å². The van der Waals surface area contributed by atoms with Crippen LogP contribution in [0.25, 0.3) is 0 Å². The van der Waals surface area contributed by atoms with Gasteiger partial charge in [-0.05, 0) is 51.2 Å². The van der Waals surface area contributed by atoms with Gasteiger partial charge in [0.25, 0.3) is 0 Å². The Hall–Kier alpha value is -1.70. The van der Waals surface area contributed by atoms with Gasteiger partial charge in [-0.25, -0.2) is 0 Å². The predicted octanol–water partition coefficient (Wildman–Crippen LogP) is 3.87. The predicted molar refractivity (Wildman–Crippen MR) is 73.9 cm³/mol. The van der Waals surface area contributed by atoms with Gasteiger partial charge in [0.15, 0.2) is 11.5 Å². The number of benzene rings is 1. The zero-order valence-electron chi connectivity index (χ0n) is 11.0. The molecule has 0 bridgehead atoms. The Balaban J connectivity index is 2.08. The Morgan fingerprint density at radius 2 is 2.06 bits per heavy atom. The van der Waals surface area contributed by atoms with Crippen molar-refractivity contribution < 1.29 is 10.2 Å². The van der Waals surface area contributed by atoms with Crippen molar-refractivity contribution in [3.63, 3.8) is 0 Å². The lowest BCUT2D eigenvalue weighted by Crippen LogP contribution is -2.03. The van der Waals surface area contributed by atoms with Gasteiger partial charge in [-0.3, -0.25) is 0 Å². The molecule has 0 spiro atoms. The van der Waals surface area contributed by atoms with Crippen LogP contribution < -0.4 is 0 Å². The molecule has 2 N–H and O–H groups in total. The third kappa shape index (κ3) is 2.76. The van der Waals surface area contributed by atoms with Crippen molar-refractivity contribution in [2.24, 2.45) is 0 Å². The van der Waals surface area contributed by atoms with Crippen molar-refractivity contribution in [2.75, 3.05) is 0 Å². The Morgan fingerprint density at radius 1 is 1.28 bits per heavy atom. The Labute approximate surface area is 108 Å². The fourth-order valence-corrected chi connectivity index (χ4v) is 2.36. The molecular formula is C16H20O2. The number of rotatable bonds is 3. The van der Waals surface area contributed by atoms with E-state index in [1.165, 1.54) is 11.1 Å². The van der Waals surface area contributed by atoms with E-state index >= 15 is 0 Å². The molecule has 2 heteroatoms. The van der Waals surface area contributed by atoms with Crippen LogP contribution in [0.2, 0.25) is 0 Å². The fraction of sp³-hybridized carbons (Fsp3) is 0.375. The standard InChI is InChI=1S/C16H20O2/c1-11(2)4-3-5-12-6-8-14-13(10-12)7-9-15(17)16(14)18/h4,6-7,9,17-18H,3,5,8,10H2,1-2H3. The van der Waals surface area contributed by atoms with E-state index in [2.05, 4.69) is 26.0 Å². The van der Waals surface area contributed by atoms with Crippen LogP contribution in [-0.2, 0) is 12.8 Å². The number of phenols is 2. The molecule has 0 unspecified atom stereocenters. The van der Waals surface area contributed by atoms with E-state index in [0.29, 0.717) is 0 Å². The molecule has 1 aliphatic carbocycles. The summed E-state index contributed by atoms with van der Waals surface area (Å²) in [5.74, 6) is 0.0299. The fourth-order valence-electron chi connectivity index (χ4n) is 2.36. The first-order valence-corrected chi connectivity index (χ1v) is 6.42. The van der Waals surface area contributed by atoms with Crippen LogP contribution in [0.15, 0.2) is 35.4 Å². The van der Waals surface area contributed by atoms with Gasteiger partial charge in [-0.1, -0.05) is 29.4 Å². The van der Waals surface area contributed by atoms with Crippen molar-refractivity contribution in [3.8, 4) is 11.5 Å². The van der Waals surface area contributed by atoms with Crippen molar-refractivity contribution in [1.29, 1.82) is 0 Å². The molecule has 0 fully saturated rings. The molecule has 2 nitrogen and oxygen atoms in total. The first-order chi connectivity index (χ1) is 8.58. The SMILES string of the molecule is CC(C)=CCCC1=CCc2c(ccc(O)c2O)C1. The van der Waals surface area contributed by atoms with Gasteiger partial charge in [0, 0.05) is 5.56 Å². The van der Waals surface area contributed by atoms with E-state index in [1.807, 2.05) is 6.07 Å². The topological polar surface area (TPSA) is 40.5 Å². The number of aromatic hydroxyl groups is 2. The maximum Gasteiger partial charge on any atom is 0.161 e. The van der Waals surface area contributed by atoms with Crippen LogP contribution in [0.4, 0.5) is 0 Å². The minimum atomic E-state index is -0.0184. The Bertz CT molecular complexity index is 506. The lowest BCUT2D eigenvalue weighted by Gasteiger charge is -2.18. The molecule has 1 aromatic rings.